The van der Waals surface area contributed by atoms with Gasteiger partial charge in [0.25, 0.3) is 0 Å². The summed E-state index contributed by atoms with van der Waals surface area (Å²) in [5.74, 6) is 0.909. The summed E-state index contributed by atoms with van der Waals surface area (Å²) in [6.45, 7) is 7.46. The number of anilines is 1. The molecular weight excluding hydrogens is 338 g/mol. The standard InChI is InChI=1S/C22H31N3O2/c1-17-5-4-6-18-13-19(14-26)21(23-20(17)18)25-11-7-22(16-27,8-12-25)15-24-9-2-3-10-24/h4-6,13,26-27H,2-3,7-12,14-16H2,1H3. The second-order valence-electron chi connectivity index (χ2n) is 8.40. The Balaban J connectivity index is 1.55. The van der Waals surface area contributed by atoms with Crippen LogP contribution >= 0.6 is 0 Å². The Hall–Kier alpha value is -1.69. The predicted molar refractivity (Wildman–Crippen MR) is 109 cm³/mol. The molecule has 1 aromatic heterocycles. The van der Waals surface area contributed by atoms with Gasteiger partial charge in [0.15, 0.2) is 0 Å². The molecule has 1 aromatic carbocycles. The third kappa shape index (κ3) is 3.68. The van der Waals surface area contributed by atoms with Crippen LogP contribution in [0.15, 0.2) is 24.3 Å². The largest absolute Gasteiger partial charge is 0.396 e. The number of hydrogen-bond donors (Lipinski definition) is 2. The minimum absolute atomic E-state index is 0.00162. The second-order valence-corrected chi connectivity index (χ2v) is 8.40. The maximum absolute atomic E-state index is 10.1. The van der Waals surface area contributed by atoms with Gasteiger partial charge in [0.2, 0.25) is 0 Å². The molecule has 0 bridgehead atoms. The van der Waals surface area contributed by atoms with Crippen LogP contribution in [0.4, 0.5) is 5.82 Å². The SMILES string of the molecule is Cc1cccc2cc(CO)c(N3CCC(CO)(CN4CCCC4)CC3)nc12. The summed E-state index contributed by atoms with van der Waals surface area (Å²) >= 11 is 0. The normalized spacial score (nSPS) is 20.5. The van der Waals surface area contributed by atoms with E-state index in [2.05, 4.69) is 34.9 Å². The van der Waals surface area contributed by atoms with E-state index in [0.29, 0.717) is 0 Å². The first kappa shape index (κ1) is 18.7. The van der Waals surface area contributed by atoms with Crippen molar-refractivity contribution in [2.24, 2.45) is 5.41 Å². The lowest BCUT2D eigenvalue weighted by atomic mass is 9.78. The molecule has 3 heterocycles. The molecule has 2 aliphatic heterocycles. The van der Waals surface area contributed by atoms with E-state index in [0.717, 1.165) is 60.3 Å². The zero-order valence-corrected chi connectivity index (χ0v) is 16.3. The quantitative estimate of drug-likeness (QED) is 0.849. The van der Waals surface area contributed by atoms with Gasteiger partial charge in [-0.05, 0) is 57.3 Å². The molecule has 0 aliphatic carbocycles. The molecule has 0 radical (unpaired) electrons. The van der Waals surface area contributed by atoms with Crippen LogP contribution in [-0.4, -0.2) is 59.4 Å². The summed E-state index contributed by atoms with van der Waals surface area (Å²) in [7, 11) is 0. The van der Waals surface area contributed by atoms with Crippen molar-refractivity contribution in [1.82, 2.24) is 9.88 Å². The molecule has 5 nitrogen and oxygen atoms in total. The van der Waals surface area contributed by atoms with Gasteiger partial charge in [-0.15, -0.1) is 0 Å². The molecule has 2 aromatic rings. The Labute approximate surface area is 161 Å². The van der Waals surface area contributed by atoms with Crippen LogP contribution in [-0.2, 0) is 6.61 Å². The first-order valence-electron chi connectivity index (χ1n) is 10.2. The van der Waals surface area contributed by atoms with Gasteiger partial charge in [0.05, 0.1) is 18.7 Å². The monoisotopic (exact) mass is 369 g/mol. The van der Waals surface area contributed by atoms with E-state index < -0.39 is 0 Å². The highest BCUT2D eigenvalue weighted by Crippen LogP contribution is 2.36. The van der Waals surface area contributed by atoms with Gasteiger partial charge >= 0.3 is 0 Å². The molecule has 0 atom stereocenters. The number of pyridine rings is 1. The number of fused-ring (bicyclic) bond motifs is 1. The minimum atomic E-state index is 0.00162. The van der Waals surface area contributed by atoms with Crippen LogP contribution in [0.5, 0.6) is 0 Å². The van der Waals surface area contributed by atoms with Gasteiger partial charge in [-0.25, -0.2) is 4.98 Å². The molecule has 2 N–H and O–H groups in total. The number of nitrogens with zero attached hydrogens (tertiary/aromatic N) is 3. The van der Waals surface area contributed by atoms with Crippen LogP contribution in [0.25, 0.3) is 10.9 Å². The first-order chi connectivity index (χ1) is 13.1. The van der Waals surface area contributed by atoms with Crippen molar-refractivity contribution in [3.63, 3.8) is 0 Å². The third-order valence-corrected chi connectivity index (χ3v) is 6.49. The number of likely N-dealkylation sites (tertiary alicyclic amines) is 1. The second kappa shape index (κ2) is 7.74. The highest BCUT2D eigenvalue weighted by molar-refractivity contribution is 5.84. The number of aliphatic hydroxyl groups excluding tert-OH is 2. The number of piperidine rings is 1. The summed E-state index contributed by atoms with van der Waals surface area (Å²) < 4.78 is 0. The molecule has 0 amide bonds. The highest BCUT2D eigenvalue weighted by atomic mass is 16.3. The lowest BCUT2D eigenvalue weighted by Gasteiger charge is -2.43. The molecule has 2 saturated heterocycles. The number of para-hydroxylation sites is 1. The van der Waals surface area contributed by atoms with Crippen molar-refractivity contribution in [3.05, 3.63) is 35.4 Å². The van der Waals surface area contributed by atoms with Crippen molar-refractivity contribution < 1.29 is 10.2 Å². The van der Waals surface area contributed by atoms with E-state index >= 15 is 0 Å². The fourth-order valence-electron chi connectivity index (χ4n) is 4.75. The van der Waals surface area contributed by atoms with Crippen LogP contribution in [0.3, 0.4) is 0 Å². The summed E-state index contributed by atoms with van der Waals surface area (Å²) in [4.78, 5) is 9.76. The van der Waals surface area contributed by atoms with E-state index in [9.17, 15) is 10.2 Å². The molecule has 4 rings (SSSR count). The number of benzene rings is 1. The van der Waals surface area contributed by atoms with Gasteiger partial charge in [-0.2, -0.15) is 0 Å². The molecule has 5 heteroatoms. The van der Waals surface area contributed by atoms with Gasteiger partial charge in [-0.3, -0.25) is 0 Å². The smallest absolute Gasteiger partial charge is 0.134 e. The van der Waals surface area contributed by atoms with Crippen LogP contribution in [0.2, 0.25) is 0 Å². The molecule has 0 unspecified atom stereocenters. The average molecular weight is 370 g/mol. The van der Waals surface area contributed by atoms with Crippen LogP contribution in [0, 0.1) is 12.3 Å². The number of aliphatic hydroxyl groups is 2. The van der Waals surface area contributed by atoms with E-state index in [4.69, 9.17) is 4.98 Å². The molecule has 0 spiro atoms. The van der Waals surface area contributed by atoms with Gasteiger partial charge < -0.3 is 20.0 Å². The fraction of sp³-hybridized carbons (Fsp3) is 0.591. The van der Waals surface area contributed by atoms with Crippen molar-refractivity contribution in [2.45, 2.75) is 39.2 Å². The molecule has 0 saturated carbocycles. The molecule has 27 heavy (non-hydrogen) atoms. The number of aryl methyl sites for hydroxylation is 1. The molecule has 146 valence electrons. The fourth-order valence-corrected chi connectivity index (χ4v) is 4.75. The average Bonchev–Trinajstić information content (AvgIpc) is 3.21. The van der Waals surface area contributed by atoms with Crippen molar-refractivity contribution in [1.29, 1.82) is 0 Å². The molecule has 2 fully saturated rings. The Morgan fingerprint density at radius 1 is 1.07 bits per heavy atom. The van der Waals surface area contributed by atoms with E-state index in [-0.39, 0.29) is 18.6 Å². The number of hydrogen-bond acceptors (Lipinski definition) is 5. The zero-order valence-electron chi connectivity index (χ0n) is 16.3. The Morgan fingerprint density at radius 3 is 2.48 bits per heavy atom. The summed E-state index contributed by atoms with van der Waals surface area (Å²) in [5.41, 5.74) is 3.08. The number of aromatic nitrogens is 1. The van der Waals surface area contributed by atoms with Crippen molar-refractivity contribution >= 4 is 16.7 Å². The van der Waals surface area contributed by atoms with E-state index in [1.165, 1.54) is 25.9 Å². The van der Waals surface area contributed by atoms with Gasteiger partial charge in [-0.1, -0.05) is 18.2 Å². The predicted octanol–water partition coefficient (Wildman–Crippen LogP) is 2.71. The summed E-state index contributed by atoms with van der Waals surface area (Å²) in [6, 6.07) is 8.25. The Morgan fingerprint density at radius 2 is 1.81 bits per heavy atom. The Bertz CT molecular complexity index is 793. The molecular formula is C22H31N3O2. The van der Waals surface area contributed by atoms with Gasteiger partial charge in [0, 0.05) is 36.0 Å². The van der Waals surface area contributed by atoms with E-state index in [1.807, 2.05) is 6.07 Å². The van der Waals surface area contributed by atoms with Crippen LogP contribution < -0.4 is 4.90 Å². The maximum Gasteiger partial charge on any atom is 0.134 e. The zero-order chi connectivity index (χ0) is 18.9. The van der Waals surface area contributed by atoms with E-state index in [1.54, 1.807) is 0 Å². The third-order valence-electron chi connectivity index (χ3n) is 6.49. The highest BCUT2D eigenvalue weighted by Gasteiger charge is 2.37. The lowest BCUT2D eigenvalue weighted by molar-refractivity contribution is 0.0594. The maximum atomic E-state index is 10.1. The van der Waals surface area contributed by atoms with Gasteiger partial charge in [0.1, 0.15) is 5.82 Å². The number of rotatable bonds is 5. The summed E-state index contributed by atoms with van der Waals surface area (Å²) in [5, 5.41) is 21.1. The van der Waals surface area contributed by atoms with Crippen molar-refractivity contribution in [3.8, 4) is 0 Å². The van der Waals surface area contributed by atoms with Crippen LogP contribution in [0.1, 0.15) is 36.8 Å². The topological polar surface area (TPSA) is 59.8 Å². The van der Waals surface area contributed by atoms with Crippen molar-refractivity contribution in [2.75, 3.05) is 44.2 Å². The first-order valence-corrected chi connectivity index (χ1v) is 10.2. The lowest BCUT2D eigenvalue weighted by Crippen LogP contribution is -2.48. The molecule has 2 aliphatic rings. The minimum Gasteiger partial charge on any atom is -0.396 e. The Kier molecular flexibility index (Phi) is 5.35. The summed E-state index contributed by atoms with van der Waals surface area (Å²) in [6.07, 6.45) is 4.51.